The van der Waals surface area contributed by atoms with Gasteiger partial charge in [0.2, 0.25) is 0 Å². The third-order valence-electron chi connectivity index (χ3n) is 3.32. The van der Waals surface area contributed by atoms with Crippen molar-refractivity contribution in [3.63, 3.8) is 0 Å². The van der Waals surface area contributed by atoms with Crippen LogP contribution in [0.25, 0.3) is 6.08 Å². The van der Waals surface area contributed by atoms with Crippen molar-refractivity contribution in [2.45, 2.75) is 0 Å². The highest BCUT2D eigenvalue weighted by molar-refractivity contribution is 8.26. The van der Waals surface area contributed by atoms with Gasteiger partial charge in [-0.25, -0.2) is 0 Å². The Morgan fingerprint density at radius 2 is 2.23 bits per heavy atom. The molecule has 0 atom stereocenters. The van der Waals surface area contributed by atoms with Gasteiger partial charge in [0.15, 0.2) is 15.8 Å². The first kappa shape index (κ1) is 18.7. The van der Waals surface area contributed by atoms with Crippen molar-refractivity contribution in [1.29, 1.82) is 0 Å². The number of methoxy groups -OCH3 is 1. The molecule has 1 aromatic carbocycles. The van der Waals surface area contributed by atoms with E-state index in [4.69, 9.17) is 28.6 Å². The Hall–Kier alpha value is -2.07. The summed E-state index contributed by atoms with van der Waals surface area (Å²) in [6.45, 7) is 0. The Kier molecular flexibility index (Phi) is 5.52. The Morgan fingerprint density at radius 1 is 1.46 bits per heavy atom. The van der Waals surface area contributed by atoms with Crippen LogP contribution in [-0.4, -0.2) is 33.4 Å². The van der Waals surface area contributed by atoms with E-state index in [2.05, 4.69) is 5.43 Å². The van der Waals surface area contributed by atoms with Gasteiger partial charge in [-0.15, -0.1) is 11.3 Å². The molecular formula is C16H11ClN2O4S3. The smallest absolute Gasteiger partial charge is 0.285 e. The van der Waals surface area contributed by atoms with Crippen LogP contribution in [-0.2, 0) is 4.79 Å². The molecule has 0 radical (unpaired) electrons. The van der Waals surface area contributed by atoms with Gasteiger partial charge in [0, 0.05) is 0 Å². The van der Waals surface area contributed by atoms with Gasteiger partial charge in [0.05, 0.1) is 21.9 Å². The number of carbonyl (C=O) groups is 2. The molecule has 6 nitrogen and oxygen atoms in total. The third kappa shape index (κ3) is 3.70. The Bertz CT molecular complexity index is 928. The normalized spacial score (nSPS) is 15.6. The van der Waals surface area contributed by atoms with Gasteiger partial charge in [-0.1, -0.05) is 29.4 Å². The monoisotopic (exact) mass is 426 g/mol. The highest BCUT2D eigenvalue weighted by Gasteiger charge is 2.34. The van der Waals surface area contributed by atoms with E-state index in [0.717, 1.165) is 16.8 Å². The lowest BCUT2D eigenvalue weighted by atomic mass is 10.2. The molecule has 26 heavy (non-hydrogen) atoms. The van der Waals surface area contributed by atoms with Crippen molar-refractivity contribution in [2.24, 2.45) is 0 Å². The molecule has 3 rings (SSSR count). The van der Waals surface area contributed by atoms with Gasteiger partial charge < -0.3 is 9.84 Å². The zero-order chi connectivity index (χ0) is 18.8. The molecule has 1 aliphatic heterocycles. The highest BCUT2D eigenvalue weighted by Crippen LogP contribution is 2.37. The number of halogens is 1. The second kappa shape index (κ2) is 7.67. The first-order valence-corrected chi connectivity index (χ1v) is 9.58. The average molecular weight is 427 g/mol. The summed E-state index contributed by atoms with van der Waals surface area (Å²) in [5.41, 5.74) is 3.05. The van der Waals surface area contributed by atoms with Gasteiger partial charge in [-0.3, -0.25) is 15.0 Å². The summed E-state index contributed by atoms with van der Waals surface area (Å²) in [5.74, 6) is -0.854. The van der Waals surface area contributed by atoms with Gasteiger partial charge in [-0.2, -0.15) is 5.01 Å². The molecule has 0 aliphatic carbocycles. The number of hydrogen-bond acceptors (Lipinski definition) is 7. The summed E-state index contributed by atoms with van der Waals surface area (Å²) in [6, 6.07) is 6.43. The van der Waals surface area contributed by atoms with E-state index >= 15 is 0 Å². The standard InChI is InChI=1S/C16H11ClN2O4S3/c1-23-10-6-8(5-9(17)13(10)20)7-12-15(22)19(16(24)26-12)18-14(21)11-3-2-4-25-11/h2-7,20H,1H3,(H,18,21)/b12-7-. The third-order valence-corrected chi connectivity index (χ3v) is 5.78. The minimum absolute atomic E-state index is 0.0945. The number of carbonyl (C=O) groups excluding carboxylic acids is 2. The van der Waals surface area contributed by atoms with Crippen LogP contribution in [0.5, 0.6) is 11.5 Å². The summed E-state index contributed by atoms with van der Waals surface area (Å²) >= 11 is 13.4. The lowest BCUT2D eigenvalue weighted by Gasteiger charge is -2.14. The van der Waals surface area contributed by atoms with Crippen molar-refractivity contribution in [3.8, 4) is 11.5 Å². The van der Waals surface area contributed by atoms with Crippen molar-refractivity contribution in [2.75, 3.05) is 7.11 Å². The number of hydrazine groups is 1. The van der Waals surface area contributed by atoms with Crippen molar-refractivity contribution in [1.82, 2.24) is 10.4 Å². The molecule has 0 bridgehead atoms. The molecule has 1 aliphatic rings. The molecule has 1 fully saturated rings. The van der Waals surface area contributed by atoms with Gasteiger partial charge in [-0.05, 0) is 47.4 Å². The second-order valence-electron chi connectivity index (χ2n) is 4.99. The van der Waals surface area contributed by atoms with Crippen LogP contribution in [0.15, 0.2) is 34.6 Å². The van der Waals surface area contributed by atoms with Gasteiger partial charge in [0.25, 0.3) is 11.8 Å². The summed E-state index contributed by atoms with van der Waals surface area (Å²) in [7, 11) is 1.40. The number of ether oxygens (including phenoxy) is 1. The fourth-order valence-electron chi connectivity index (χ4n) is 2.11. The molecule has 10 heteroatoms. The molecule has 2 N–H and O–H groups in total. The highest BCUT2D eigenvalue weighted by atomic mass is 35.5. The molecule has 2 heterocycles. The van der Waals surface area contributed by atoms with Crippen LogP contribution >= 0.6 is 46.9 Å². The van der Waals surface area contributed by atoms with Gasteiger partial charge >= 0.3 is 0 Å². The number of nitrogens with zero attached hydrogens (tertiary/aromatic N) is 1. The number of thiocarbonyl (C=S) groups is 1. The van der Waals surface area contributed by atoms with E-state index in [9.17, 15) is 14.7 Å². The van der Waals surface area contributed by atoms with Crippen molar-refractivity contribution in [3.05, 3.63) is 50.0 Å². The van der Waals surface area contributed by atoms with Crippen LogP contribution in [0.4, 0.5) is 0 Å². The molecule has 134 valence electrons. The van der Waals surface area contributed by atoms with Crippen molar-refractivity contribution >= 4 is 69.1 Å². The molecule has 0 saturated carbocycles. The number of amides is 2. The minimum Gasteiger partial charge on any atom is -0.503 e. The number of phenolic OH excluding ortho intramolecular Hbond substituents is 1. The average Bonchev–Trinajstić information content (AvgIpc) is 3.23. The summed E-state index contributed by atoms with van der Waals surface area (Å²) in [4.78, 5) is 25.5. The maximum absolute atomic E-state index is 12.6. The fourth-order valence-corrected chi connectivity index (χ4v) is 4.12. The van der Waals surface area contributed by atoms with Crippen LogP contribution in [0, 0.1) is 0 Å². The zero-order valence-corrected chi connectivity index (χ0v) is 16.4. The Balaban J connectivity index is 1.83. The van der Waals surface area contributed by atoms with E-state index in [0.29, 0.717) is 15.3 Å². The molecule has 2 aromatic rings. The number of thiophene rings is 1. The number of phenols is 1. The predicted molar refractivity (Wildman–Crippen MR) is 106 cm³/mol. The van der Waals surface area contributed by atoms with Gasteiger partial charge in [0.1, 0.15) is 0 Å². The number of hydrogen-bond donors (Lipinski definition) is 2. The predicted octanol–water partition coefficient (Wildman–Crippen LogP) is 3.66. The number of nitrogens with one attached hydrogen (secondary N) is 1. The lowest BCUT2D eigenvalue weighted by molar-refractivity contribution is -0.123. The first-order chi connectivity index (χ1) is 12.4. The molecule has 1 saturated heterocycles. The summed E-state index contributed by atoms with van der Waals surface area (Å²) in [5, 5.41) is 12.7. The number of rotatable bonds is 4. The van der Waals surface area contributed by atoms with E-state index in [1.165, 1.54) is 30.6 Å². The Labute approximate surface area is 167 Å². The maximum atomic E-state index is 12.6. The first-order valence-electron chi connectivity index (χ1n) is 7.09. The molecule has 0 spiro atoms. The van der Waals surface area contributed by atoms with Crippen LogP contribution in [0.3, 0.4) is 0 Å². The zero-order valence-electron chi connectivity index (χ0n) is 13.2. The molecule has 1 aromatic heterocycles. The minimum atomic E-state index is -0.451. The number of thioether (sulfide) groups is 1. The summed E-state index contributed by atoms with van der Waals surface area (Å²) in [6.07, 6.45) is 1.56. The molecular weight excluding hydrogens is 416 g/mol. The van der Waals surface area contributed by atoms with Crippen molar-refractivity contribution < 1.29 is 19.4 Å². The SMILES string of the molecule is COc1cc(/C=C2\SC(=S)N(NC(=O)c3cccs3)C2=O)cc(Cl)c1O. The molecule has 0 unspecified atom stereocenters. The summed E-state index contributed by atoms with van der Waals surface area (Å²) < 4.78 is 5.26. The van der Waals surface area contributed by atoms with Crippen LogP contribution in [0.1, 0.15) is 15.2 Å². The van der Waals surface area contributed by atoms with E-state index in [1.54, 1.807) is 23.6 Å². The topological polar surface area (TPSA) is 78.9 Å². The quantitative estimate of drug-likeness (QED) is 0.573. The van der Waals surface area contributed by atoms with E-state index < -0.39 is 11.8 Å². The van der Waals surface area contributed by atoms with E-state index in [-0.39, 0.29) is 20.8 Å². The number of benzene rings is 1. The fraction of sp³-hybridized carbons (Fsp3) is 0.0625. The van der Waals surface area contributed by atoms with Crippen LogP contribution < -0.4 is 10.2 Å². The largest absolute Gasteiger partial charge is 0.503 e. The second-order valence-corrected chi connectivity index (χ2v) is 8.02. The van der Waals surface area contributed by atoms with E-state index in [1.807, 2.05) is 0 Å². The maximum Gasteiger partial charge on any atom is 0.285 e. The molecule has 2 amide bonds. The Morgan fingerprint density at radius 3 is 2.88 bits per heavy atom. The van der Waals surface area contributed by atoms with Crippen LogP contribution in [0.2, 0.25) is 5.02 Å². The lowest BCUT2D eigenvalue weighted by Crippen LogP contribution is -2.44. The number of aromatic hydroxyl groups is 1.